The van der Waals surface area contributed by atoms with Crippen molar-refractivity contribution in [3.63, 3.8) is 0 Å². The number of hydrogen-bond donors (Lipinski definition) is 5. The van der Waals surface area contributed by atoms with Crippen molar-refractivity contribution in [2.24, 2.45) is 0 Å². The van der Waals surface area contributed by atoms with Gasteiger partial charge in [-0.25, -0.2) is 37.7 Å². The first-order valence-corrected chi connectivity index (χ1v) is 22.1. The number of aromatic nitrogens is 4. The number of carbonyl (C=O) groups excluding carboxylic acids is 2. The normalized spacial score (nSPS) is 33.7. The summed E-state index contributed by atoms with van der Waals surface area (Å²) in [6.45, 7) is -6.48. The number of imidazole rings is 1. The summed E-state index contributed by atoms with van der Waals surface area (Å²) in [5.74, 6) is -1.43. The molecule has 4 aliphatic rings. The number of phenolic OH excluding ortho intramolecular Hbond substituents is 1. The van der Waals surface area contributed by atoms with Gasteiger partial charge in [0.05, 0.1) is 25.1 Å². The second-order valence-electron chi connectivity index (χ2n) is 13.2. The van der Waals surface area contributed by atoms with Crippen LogP contribution in [0.2, 0.25) is 0 Å². The van der Waals surface area contributed by atoms with Crippen LogP contribution in [-0.2, 0) is 47.2 Å². The Bertz CT molecular complexity index is 2350. The second-order valence-corrected chi connectivity index (χ2v) is 18.7. The number of carbonyl (C=O) groups is 2. The molecule has 2 aromatic carbocycles. The number of esters is 1. The van der Waals surface area contributed by atoms with Gasteiger partial charge in [0.25, 0.3) is 0 Å². The lowest BCUT2D eigenvalue weighted by molar-refractivity contribution is -0.151. The zero-order chi connectivity index (χ0) is 41.6. The van der Waals surface area contributed by atoms with Gasteiger partial charge in [-0.2, -0.15) is 0 Å². The number of hydrogen-bond acceptors (Lipinski definition) is 19. The number of halogens is 2. The Balaban J connectivity index is 1.07. The molecule has 2 aromatic heterocycles. The largest absolute Gasteiger partial charge is 0.508 e. The highest BCUT2D eigenvalue weighted by Gasteiger charge is 2.56. The van der Waals surface area contributed by atoms with E-state index in [-0.39, 0.29) is 39.8 Å². The molecule has 314 valence electrons. The number of fused-ring (bicyclic) bond motifs is 4. The number of alkyl halides is 2. The van der Waals surface area contributed by atoms with Gasteiger partial charge < -0.3 is 45.3 Å². The maximum Gasteiger partial charge on any atom is 0.472 e. The van der Waals surface area contributed by atoms with E-state index in [1.54, 1.807) is 0 Å². The molecule has 2 bridgehead atoms. The first-order valence-electron chi connectivity index (χ1n) is 17.5. The Morgan fingerprint density at radius 1 is 0.966 bits per heavy atom. The van der Waals surface area contributed by atoms with Gasteiger partial charge in [-0.3, -0.25) is 27.5 Å². The minimum Gasteiger partial charge on any atom is -0.508 e. The summed E-state index contributed by atoms with van der Waals surface area (Å²) in [6.07, 6.45) is -12.3. The number of aliphatic hydroxyl groups is 1. The molecule has 4 aliphatic heterocycles. The Kier molecular flexibility index (Phi) is 11.5. The van der Waals surface area contributed by atoms with Crippen molar-refractivity contribution in [2.45, 2.75) is 61.3 Å². The first kappa shape index (κ1) is 41.2. The third-order valence-corrected chi connectivity index (χ3v) is 14.0. The van der Waals surface area contributed by atoms with Crippen molar-refractivity contribution in [1.82, 2.24) is 29.7 Å². The fourth-order valence-corrected chi connectivity index (χ4v) is 10.8. The number of nitrogens with one attached hydrogen (secondary N) is 1. The fraction of sp³-hybridized carbons (Fsp3) is 0.364. The first-order chi connectivity index (χ1) is 28.2. The Morgan fingerprint density at radius 2 is 1.69 bits per heavy atom. The number of aliphatic hydroxyl groups excluding tert-OH is 1. The van der Waals surface area contributed by atoms with E-state index in [1.807, 2.05) is 0 Å². The molecule has 3 unspecified atom stereocenters. The molecule has 26 heteroatoms. The number of nitrogens with two attached hydrogens (primary N) is 1. The van der Waals surface area contributed by atoms with E-state index in [4.69, 9.17) is 38.0 Å². The van der Waals surface area contributed by atoms with Crippen LogP contribution >= 0.6 is 26.0 Å². The quantitative estimate of drug-likeness (QED) is 0.101. The number of phosphoric ester groups is 1. The molecule has 0 saturated carbocycles. The van der Waals surface area contributed by atoms with E-state index in [0.29, 0.717) is 16.9 Å². The van der Waals surface area contributed by atoms with Crippen LogP contribution in [-0.4, -0.2) is 114 Å². The summed E-state index contributed by atoms with van der Waals surface area (Å²) >= 11 is 0.570. The topological polar surface area (TPSA) is 278 Å². The van der Waals surface area contributed by atoms with Crippen LogP contribution in [0, 0.1) is 0 Å². The van der Waals surface area contributed by atoms with Gasteiger partial charge in [0.2, 0.25) is 12.3 Å². The smallest absolute Gasteiger partial charge is 0.472 e. The van der Waals surface area contributed by atoms with Gasteiger partial charge in [0.1, 0.15) is 47.8 Å². The summed E-state index contributed by atoms with van der Waals surface area (Å²) < 4.78 is 101. The minimum absolute atomic E-state index is 0.0198. The van der Waals surface area contributed by atoms with Gasteiger partial charge in [-0.05, 0) is 53.3 Å². The molecular weight excluding hydrogens is 850 g/mol. The molecule has 11 atom stereocenters. The van der Waals surface area contributed by atoms with E-state index in [9.17, 15) is 33.8 Å². The maximum absolute atomic E-state index is 16.4. The van der Waals surface area contributed by atoms with Crippen LogP contribution in [0.1, 0.15) is 22.1 Å². The predicted molar refractivity (Wildman–Crippen MR) is 197 cm³/mol. The molecular formula is C33H33F2N7O14P2S. The number of phenols is 1. The Morgan fingerprint density at radius 3 is 2.44 bits per heavy atom. The van der Waals surface area contributed by atoms with Gasteiger partial charge in [-0.1, -0.05) is 12.1 Å². The molecule has 3 fully saturated rings. The summed E-state index contributed by atoms with van der Waals surface area (Å²) in [6, 6.07) is 11.4. The number of phosphoric acid groups is 1. The van der Waals surface area contributed by atoms with Gasteiger partial charge >= 0.3 is 20.6 Å². The van der Waals surface area contributed by atoms with Crippen molar-refractivity contribution in [1.29, 1.82) is 0 Å². The number of benzene rings is 2. The lowest BCUT2D eigenvalue weighted by atomic mass is 10.1. The van der Waals surface area contributed by atoms with Gasteiger partial charge in [0.15, 0.2) is 36.3 Å². The number of rotatable bonds is 7. The van der Waals surface area contributed by atoms with Crippen molar-refractivity contribution < 1.29 is 74.9 Å². The van der Waals surface area contributed by atoms with E-state index < -0.39 is 95.3 Å². The van der Waals surface area contributed by atoms with Crippen LogP contribution in [0.3, 0.4) is 0 Å². The summed E-state index contributed by atoms with van der Waals surface area (Å²) in [5, 5.41) is 22.3. The molecule has 0 aliphatic carbocycles. The molecule has 21 nitrogen and oxygen atoms in total. The summed E-state index contributed by atoms with van der Waals surface area (Å²) in [4.78, 5) is 48.2. The highest BCUT2D eigenvalue weighted by Crippen LogP contribution is 2.64. The third kappa shape index (κ3) is 8.70. The van der Waals surface area contributed by atoms with Gasteiger partial charge in [-0.15, -0.1) is 0 Å². The minimum atomic E-state index is -5.25. The van der Waals surface area contributed by atoms with Crippen LogP contribution in [0.4, 0.5) is 14.6 Å². The van der Waals surface area contributed by atoms with E-state index in [0.717, 1.165) is 34.4 Å². The van der Waals surface area contributed by atoms with Crippen molar-refractivity contribution in [3.05, 3.63) is 84.6 Å². The molecule has 6 heterocycles. The number of nitrogens with zero attached hydrogens (tertiary/aromatic N) is 5. The third-order valence-electron chi connectivity index (χ3n) is 9.37. The lowest BCUT2D eigenvalue weighted by Gasteiger charge is -2.37. The maximum atomic E-state index is 16.4. The van der Waals surface area contributed by atoms with Crippen molar-refractivity contribution in [2.75, 3.05) is 18.9 Å². The van der Waals surface area contributed by atoms with Crippen LogP contribution in [0.5, 0.6) is 11.5 Å². The number of nitrogen functional groups attached to an aromatic ring is 1. The molecule has 1 amide bonds. The SMILES string of the molecule is Nc1ncnc2c1ncn2[C@@H]1O[C@@H]2COP(=O)(SCc3ccc(OC(=O)c4ccc(O)cc4)cc3)O[C@@H]3[C@H](F)[C@@H](COP(=O)(O)O[C@H]2[C@H]1F)O[C@H]3N1C=CC(=O)NC1O. The van der Waals surface area contributed by atoms with E-state index >= 15 is 8.78 Å². The predicted octanol–water partition coefficient (Wildman–Crippen LogP) is 2.81. The highest BCUT2D eigenvalue weighted by molar-refractivity contribution is 8.54. The summed E-state index contributed by atoms with van der Waals surface area (Å²) in [7, 11) is -5.25. The average Bonchev–Trinajstić information content (AvgIpc) is 3.86. The van der Waals surface area contributed by atoms with Crippen LogP contribution < -0.4 is 15.8 Å². The Labute approximate surface area is 335 Å². The zero-order valence-corrected chi connectivity index (χ0v) is 32.6. The highest BCUT2D eigenvalue weighted by atomic mass is 32.7. The standard InChI is InChI=1S/C33H33F2N7O14P2S/c34-23-20-11-50-57(47,48)55-26-21(54-30(24(26)35)42-15-39-25-28(36)37-14-38-29(25)42)12-51-58(49,56-27(23)31(53-20)41-10-9-22(44)40-33(41)46)59-13-16-1-7-19(8-2-16)52-32(45)17-3-5-18(43)6-4-17/h1-10,14-15,20-21,23-24,26-27,30-31,33,43,46H,11-13H2,(H,40,44)(H,47,48)(H2,36,37,38)/t20-,21-,23-,24-,26-,27-,30-,31-,33?,58?/m1/s1. The molecule has 0 spiro atoms. The molecule has 8 rings (SSSR count). The second kappa shape index (κ2) is 16.5. The van der Waals surface area contributed by atoms with Crippen LogP contribution in [0.15, 0.2) is 73.5 Å². The molecule has 3 saturated heterocycles. The fourth-order valence-electron chi connectivity index (χ4n) is 6.46. The molecule has 6 N–H and O–H groups in total. The zero-order valence-electron chi connectivity index (χ0n) is 30.0. The molecule has 59 heavy (non-hydrogen) atoms. The van der Waals surface area contributed by atoms with Crippen molar-refractivity contribution in [3.8, 4) is 11.5 Å². The lowest BCUT2D eigenvalue weighted by Crippen LogP contribution is -2.55. The van der Waals surface area contributed by atoms with Gasteiger partial charge in [0, 0.05) is 18.0 Å². The number of ether oxygens (including phenoxy) is 3. The number of aromatic hydroxyl groups is 1. The van der Waals surface area contributed by atoms with Crippen molar-refractivity contribution >= 4 is 54.9 Å². The average molecular weight is 884 g/mol. The van der Waals surface area contributed by atoms with E-state index in [2.05, 4.69) is 20.3 Å². The molecule has 4 aromatic rings. The number of anilines is 1. The summed E-state index contributed by atoms with van der Waals surface area (Å²) in [5.41, 5.74) is 6.72. The van der Waals surface area contributed by atoms with Crippen LogP contribution in [0.25, 0.3) is 11.2 Å². The number of amides is 1. The Hall–Kier alpha value is -4.58. The molecule has 0 radical (unpaired) electrons. The monoisotopic (exact) mass is 883 g/mol. The van der Waals surface area contributed by atoms with E-state index in [1.165, 1.54) is 48.5 Å².